The minimum Gasteiger partial charge on any atom is -0.497 e. The van der Waals surface area contributed by atoms with E-state index < -0.39 is 0 Å². The molecule has 0 radical (unpaired) electrons. The number of carbonyl (C=O) groups excluding carboxylic acids is 1. The van der Waals surface area contributed by atoms with E-state index in [0.717, 1.165) is 58.9 Å². The number of hydrogen-bond donors (Lipinski definition) is 1. The number of thiazole rings is 1. The van der Waals surface area contributed by atoms with Gasteiger partial charge in [-0.2, -0.15) is 0 Å². The van der Waals surface area contributed by atoms with E-state index in [1.165, 1.54) is 0 Å². The summed E-state index contributed by atoms with van der Waals surface area (Å²) in [5.41, 5.74) is 4.57. The Bertz CT molecular complexity index is 1290. The van der Waals surface area contributed by atoms with Crippen LogP contribution < -0.4 is 14.8 Å². The number of hydrogen-bond acceptors (Lipinski definition) is 7. The van der Waals surface area contributed by atoms with Crippen LogP contribution >= 0.6 is 11.3 Å². The van der Waals surface area contributed by atoms with E-state index in [2.05, 4.69) is 15.3 Å². The van der Waals surface area contributed by atoms with Gasteiger partial charge in [0.05, 0.1) is 41.1 Å². The molecule has 8 heteroatoms. The zero-order valence-electron chi connectivity index (χ0n) is 20.3. The lowest BCUT2D eigenvalue weighted by molar-refractivity contribution is -0.138. The number of rotatable bonds is 9. The number of aromatic nitrogens is 2. The third-order valence-electron chi connectivity index (χ3n) is 6.56. The van der Waals surface area contributed by atoms with Crippen molar-refractivity contribution in [3.8, 4) is 11.5 Å². The predicted octanol–water partition coefficient (Wildman–Crippen LogP) is 4.70. The Kier molecular flexibility index (Phi) is 7.73. The fraction of sp³-hybridized carbons (Fsp3) is 0.321. The van der Waals surface area contributed by atoms with E-state index in [1.54, 1.807) is 24.6 Å². The van der Waals surface area contributed by atoms with Crippen molar-refractivity contribution in [3.63, 3.8) is 0 Å². The van der Waals surface area contributed by atoms with Crippen LogP contribution in [-0.4, -0.2) is 54.1 Å². The first-order chi connectivity index (χ1) is 17.7. The molecule has 2 aromatic carbocycles. The third-order valence-corrected chi connectivity index (χ3v) is 7.36. The van der Waals surface area contributed by atoms with Crippen molar-refractivity contribution in [1.29, 1.82) is 0 Å². The molecule has 0 bridgehead atoms. The van der Waals surface area contributed by atoms with Crippen LogP contribution in [-0.2, 0) is 4.79 Å². The summed E-state index contributed by atoms with van der Waals surface area (Å²) in [7, 11) is 1.65. The number of benzene rings is 2. The predicted molar refractivity (Wildman–Crippen MR) is 141 cm³/mol. The fourth-order valence-corrected chi connectivity index (χ4v) is 5.42. The second kappa shape index (κ2) is 11.5. The number of carbonyl (C=O) groups is 1. The maximum Gasteiger partial charge on any atom is 0.226 e. The van der Waals surface area contributed by atoms with E-state index in [1.807, 2.05) is 71.1 Å². The molecule has 1 aliphatic rings. The molecule has 1 N–H and O–H groups in total. The van der Waals surface area contributed by atoms with E-state index in [9.17, 15) is 4.79 Å². The maximum atomic E-state index is 14.0. The maximum absolute atomic E-state index is 14.0. The Labute approximate surface area is 215 Å². The van der Waals surface area contributed by atoms with E-state index >= 15 is 0 Å². The lowest BCUT2D eigenvalue weighted by Crippen LogP contribution is -2.45. The number of piperidine rings is 1. The summed E-state index contributed by atoms with van der Waals surface area (Å²) >= 11 is 1.59. The monoisotopic (exact) mass is 502 g/mol. The minimum atomic E-state index is -0.351. The molecule has 1 fully saturated rings. The van der Waals surface area contributed by atoms with Crippen molar-refractivity contribution in [2.75, 3.05) is 33.4 Å². The van der Waals surface area contributed by atoms with Crippen molar-refractivity contribution >= 4 is 27.5 Å². The van der Waals surface area contributed by atoms with Gasteiger partial charge in [0.2, 0.25) is 5.91 Å². The molecular weight excluding hydrogens is 472 g/mol. The zero-order valence-corrected chi connectivity index (χ0v) is 21.1. The van der Waals surface area contributed by atoms with Gasteiger partial charge in [0, 0.05) is 12.1 Å². The van der Waals surface area contributed by atoms with Crippen LogP contribution in [0.1, 0.15) is 30.1 Å². The quantitative estimate of drug-likeness (QED) is 0.358. The molecule has 1 saturated heterocycles. The first-order valence-electron chi connectivity index (χ1n) is 12.2. The van der Waals surface area contributed by atoms with E-state index in [0.29, 0.717) is 13.2 Å². The number of ether oxygens (including phenoxy) is 2. The molecule has 2 aromatic heterocycles. The highest BCUT2D eigenvalue weighted by Gasteiger charge is 2.33. The summed E-state index contributed by atoms with van der Waals surface area (Å²) in [5, 5.41) is 3.36. The SMILES string of the molecule is COc1cccc([C@@H](c2ccccn2)N(CCOc2ccc3ncsc3c2)C(=O)C2CCNCC2)c1. The highest BCUT2D eigenvalue weighted by atomic mass is 32.1. The molecule has 36 heavy (non-hydrogen) atoms. The molecule has 1 amide bonds. The molecule has 4 aromatic rings. The molecule has 3 heterocycles. The molecule has 0 aliphatic carbocycles. The zero-order chi connectivity index (χ0) is 24.7. The smallest absolute Gasteiger partial charge is 0.226 e. The van der Waals surface area contributed by atoms with Gasteiger partial charge in [-0.3, -0.25) is 9.78 Å². The van der Waals surface area contributed by atoms with Crippen LogP contribution in [0.25, 0.3) is 10.2 Å². The molecule has 0 saturated carbocycles. The normalized spacial score (nSPS) is 14.9. The van der Waals surface area contributed by atoms with Gasteiger partial charge in [0.1, 0.15) is 18.1 Å². The Morgan fingerprint density at radius 1 is 1.08 bits per heavy atom. The third kappa shape index (κ3) is 5.50. The summed E-state index contributed by atoms with van der Waals surface area (Å²) in [5.74, 6) is 1.63. The van der Waals surface area contributed by atoms with Gasteiger partial charge in [-0.05, 0) is 74.0 Å². The van der Waals surface area contributed by atoms with Crippen LogP contribution in [0.15, 0.2) is 72.4 Å². The van der Waals surface area contributed by atoms with Gasteiger partial charge >= 0.3 is 0 Å². The van der Waals surface area contributed by atoms with Gasteiger partial charge in [0.25, 0.3) is 0 Å². The number of fused-ring (bicyclic) bond motifs is 1. The van der Waals surface area contributed by atoms with Crippen molar-refractivity contribution in [2.45, 2.75) is 18.9 Å². The van der Waals surface area contributed by atoms with Crippen LogP contribution in [0.5, 0.6) is 11.5 Å². The average molecular weight is 503 g/mol. The van der Waals surface area contributed by atoms with Gasteiger partial charge in [-0.25, -0.2) is 4.98 Å². The summed E-state index contributed by atoms with van der Waals surface area (Å²) in [6, 6.07) is 19.3. The highest BCUT2D eigenvalue weighted by molar-refractivity contribution is 7.16. The highest BCUT2D eigenvalue weighted by Crippen LogP contribution is 2.32. The Hall–Kier alpha value is -3.49. The standard InChI is InChI=1S/C28H30N4O3S/c1-34-22-6-4-5-21(17-22)27(25-7-2-3-12-30-25)32(28(33)20-10-13-29-14-11-20)15-16-35-23-8-9-24-26(18-23)36-19-31-24/h2-9,12,17-20,27,29H,10-11,13-16H2,1H3/t27-/m0/s1. The lowest BCUT2D eigenvalue weighted by atomic mass is 9.93. The molecular formula is C28H30N4O3S. The summed E-state index contributed by atoms with van der Waals surface area (Å²) < 4.78 is 12.7. The molecule has 1 atom stereocenters. The first kappa shape index (κ1) is 24.2. The average Bonchev–Trinajstić information content (AvgIpc) is 3.41. The number of nitrogens with one attached hydrogen (secondary N) is 1. The number of methoxy groups -OCH3 is 1. The Morgan fingerprint density at radius 3 is 2.78 bits per heavy atom. The fourth-order valence-electron chi connectivity index (χ4n) is 4.72. The number of pyridine rings is 1. The summed E-state index contributed by atoms with van der Waals surface area (Å²) in [6.07, 6.45) is 3.42. The Balaban J connectivity index is 1.45. The molecule has 186 valence electrons. The van der Waals surface area contributed by atoms with Crippen molar-refractivity contribution in [1.82, 2.24) is 20.2 Å². The van der Waals surface area contributed by atoms with Gasteiger partial charge in [-0.15, -0.1) is 11.3 Å². The topological polar surface area (TPSA) is 76.6 Å². The van der Waals surface area contributed by atoms with Gasteiger partial charge in [0.15, 0.2) is 0 Å². The van der Waals surface area contributed by atoms with Crippen LogP contribution in [0.4, 0.5) is 0 Å². The number of nitrogens with zero attached hydrogens (tertiary/aromatic N) is 3. The van der Waals surface area contributed by atoms with Crippen molar-refractivity contribution < 1.29 is 14.3 Å². The molecule has 0 spiro atoms. The summed E-state index contributed by atoms with van der Waals surface area (Å²) in [4.78, 5) is 24.9. The van der Waals surface area contributed by atoms with Crippen molar-refractivity contribution in [3.05, 3.63) is 83.6 Å². The lowest BCUT2D eigenvalue weighted by Gasteiger charge is -2.35. The largest absolute Gasteiger partial charge is 0.497 e. The van der Waals surface area contributed by atoms with Gasteiger partial charge < -0.3 is 19.7 Å². The molecule has 1 aliphatic heterocycles. The van der Waals surface area contributed by atoms with Crippen molar-refractivity contribution in [2.24, 2.45) is 5.92 Å². The second-order valence-corrected chi connectivity index (χ2v) is 9.71. The van der Waals surface area contributed by atoms with Crippen LogP contribution in [0.2, 0.25) is 0 Å². The summed E-state index contributed by atoms with van der Waals surface area (Å²) in [6.45, 7) is 2.50. The Morgan fingerprint density at radius 2 is 1.97 bits per heavy atom. The first-order valence-corrected chi connectivity index (χ1v) is 13.1. The number of amides is 1. The van der Waals surface area contributed by atoms with Crippen LogP contribution in [0.3, 0.4) is 0 Å². The van der Waals surface area contributed by atoms with E-state index in [-0.39, 0.29) is 17.9 Å². The molecule has 5 rings (SSSR count). The van der Waals surface area contributed by atoms with Crippen LogP contribution in [0, 0.1) is 5.92 Å². The minimum absolute atomic E-state index is 0.0309. The molecule has 7 nitrogen and oxygen atoms in total. The second-order valence-electron chi connectivity index (χ2n) is 8.82. The van der Waals surface area contributed by atoms with Gasteiger partial charge in [-0.1, -0.05) is 18.2 Å². The molecule has 0 unspecified atom stereocenters. The van der Waals surface area contributed by atoms with E-state index in [4.69, 9.17) is 9.47 Å².